The Bertz CT molecular complexity index is 1260. The van der Waals surface area contributed by atoms with Gasteiger partial charge in [-0.05, 0) is 74.2 Å². The molecule has 0 radical (unpaired) electrons. The van der Waals surface area contributed by atoms with Gasteiger partial charge in [0.25, 0.3) is 5.91 Å². The Kier molecular flexibility index (Phi) is 7.01. The minimum atomic E-state index is -0.0710. The van der Waals surface area contributed by atoms with E-state index in [2.05, 4.69) is 77.1 Å². The largest absolute Gasteiger partial charge is 0.367 e. The summed E-state index contributed by atoms with van der Waals surface area (Å²) in [5.74, 6) is 1.80. The fourth-order valence-corrected chi connectivity index (χ4v) is 5.79. The number of aromatic nitrogens is 1. The van der Waals surface area contributed by atoms with Gasteiger partial charge in [0.2, 0.25) is 0 Å². The van der Waals surface area contributed by atoms with Crippen molar-refractivity contribution < 1.29 is 4.79 Å². The van der Waals surface area contributed by atoms with E-state index in [4.69, 9.17) is 5.73 Å². The van der Waals surface area contributed by atoms with Crippen molar-refractivity contribution in [3.05, 3.63) is 82.2 Å². The molecule has 3 aliphatic heterocycles. The fraction of sp³-hybridized carbons (Fsp3) is 0.433. The SMILES string of the molecule is CC1=C(C2=CCNc3c2cc(CN2CCC(c4ccc(C(=O)N(C)C)cc4)CC2)n3C)C=CC(N)N1C. The summed E-state index contributed by atoms with van der Waals surface area (Å²) < 4.78 is 2.33. The normalized spacial score (nSPS) is 20.5. The molecule has 7 nitrogen and oxygen atoms in total. The van der Waals surface area contributed by atoms with Crippen LogP contribution < -0.4 is 11.1 Å². The highest BCUT2D eigenvalue weighted by molar-refractivity contribution is 5.94. The van der Waals surface area contributed by atoms with Gasteiger partial charge in [-0.3, -0.25) is 9.69 Å². The van der Waals surface area contributed by atoms with Crippen molar-refractivity contribution in [3.8, 4) is 0 Å². The Hall–Kier alpha value is -3.29. The number of piperidine rings is 1. The van der Waals surface area contributed by atoms with E-state index in [0.29, 0.717) is 5.92 Å². The van der Waals surface area contributed by atoms with Gasteiger partial charge in [0.1, 0.15) is 5.82 Å². The summed E-state index contributed by atoms with van der Waals surface area (Å²) in [7, 11) is 7.82. The predicted octanol–water partition coefficient (Wildman–Crippen LogP) is 3.98. The van der Waals surface area contributed by atoms with Crippen molar-refractivity contribution in [2.75, 3.05) is 46.1 Å². The zero-order valence-corrected chi connectivity index (χ0v) is 22.8. The number of anilines is 1. The summed E-state index contributed by atoms with van der Waals surface area (Å²) in [6, 6.07) is 10.6. The quantitative estimate of drug-likeness (QED) is 0.650. The average molecular weight is 501 g/mol. The number of nitrogens with one attached hydrogen (secondary N) is 1. The highest BCUT2D eigenvalue weighted by atomic mass is 16.2. The standard InChI is InChI=1S/C30H40N6O/c1-20-25(10-11-28(31)34(20)4)26-12-15-32-29-27(26)18-24(35(29)5)19-36-16-13-22(14-17-36)21-6-8-23(9-7-21)30(37)33(2)3/h6-12,18,22,28,32H,13-17,19,31H2,1-5H3. The lowest BCUT2D eigenvalue weighted by Crippen LogP contribution is -2.38. The molecule has 1 amide bonds. The third kappa shape index (κ3) is 4.86. The van der Waals surface area contributed by atoms with Crippen LogP contribution in [0, 0.1) is 0 Å². The number of benzene rings is 1. The number of hydrogen-bond acceptors (Lipinski definition) is 5. The first-order chi connectivity index (χ1) is 17.7. The maximum Gasteiger partial charge on any atom is 0.253 e. The van der Waals surface area contributed by atoms with Gasteiger partial charge in [-0.15, -0.1) is 0 Å². The lowest BCUT2D eigenvalue weighted by Gasteiger charge is -2.32. The molecule has 1 saturated heterocycles. The molecule has 1 atom stereocenters. The predicted molar refractivity (Wildman–Crippen MR) is 151 cm³/mol. The molecular weight excluding hydrogens is 460 g/mol. The van der Waals surface area contributed by atoms with Crippen LogP contribution in [0.1, 0.15) is 52.9 Å². The Morgan fingerprint density at radius 1 is 1.14 bits per heavy atom. The van der Waals surface area contributed by atoms with Crippen LogP contribution >= 0.6 is 0 Å². The van der Waals surface area contributed by atoms with Crippen LogP contribution in [0.2, 0.25) is 0 Å². The molecule has 0 spiro atoms. The van der Waals surface area contributed by atoms with E-state index < -0.39 is 0 Å². The van der Waals surface area contributed by atoms with Crippen LogP contribution in [0.15, 0.2) is 59.8 Å². The highest BCUT2D eigenvalue weighted by Gasteiger charge is 2.27. The van der Waals surface area contributed by atoms with E-state index in [9.17, 15) is 4.79 Å². The van der Waals surface area contributed by atoms with Crippen molar-refractivity contribution in [2.45, 2.75) is 38.4 Å². The van der Waals surface area contributed by atoms with E-state index >= 15 is 0 Å². The molecule has 2 aromatic rings. The Balaban J connectivity index is 1.26. The van der Waals surface area contributed by atoms with Gasteiger partial charge in [-0.1, -0.05) is 24.3 Å². The van der Waals surface area contributed by atoms with Crippen molar-refractivity contribution in [1.29, 1.82) is 0 Å². The first kappa shape index (κ1) is 25.4. The molecule has 1 aromatic carbocycles. The Morgan fingerprint density at radius 2 is 1.84 bits per heavy atom. The minimum Gasteiger partial charge on any atom is -0.367 e. The number of hydrogen-bond donors (Lipinski definition) is 2. The molecule has 0 saturated carbocycles. The molecule has 0 aliphatic carbocycles. The van der Waals surface area contributed by atoms with Crippen LogP contribution in [-0.4, -0.2) is 72.1 Å². The number of likely N-dealkylation sites (N-methyl/N-ethyl adjacent to an activating group) is 1. The molecular formula is C30H40N6O. The average Bonchev–Trinajstić information content (AvgIpc) is 3.23. The van der Waals surface area contributed by atoms with Gasteiger partial charge >= 0.3 is 0 Å². The second kappa shape index (κ2) is 10.2. The number of likely N-dealkylation sites (tertiary alicyclic amines) is 1. The summed E-state index contributed by atoms with van der Waals surface area (Å²) in [5, 5.41) is 3.60. The number of rotatable bonds is 5. The smallest absolute Gasteiger partial charge is 0.253 e. The third-order valence-electron chi connectivity index (χ3n) is 8.32. The van der Waals surface area contributed by atoms with E-state index in [1.165, 1.54) is 39.5 Å². The number of carbonyl (C=O) groups excluding carboxylic acids is 1. The molecule has 3 N–H and O–H groups in total. The van der Waals surface area contributed by atoms with Gasteiger partial charge in [-0.25, -0.2) is 0 Å². The lowest BCUT2D eigenvalue weighted by atomic mass is 9.89. The van der Waals surface area contributed by atoms with Crippen LogP contribution in [-0.2, 0) is 13.6 Å². The summed E-state index contributed by atoms with van der Waals surface area (Å²) in [4.78, 5) is 18.5. The number of amides is 1. The van der Waals surface area contributed by atoms with Crippen molar-refractivity contribution in [2.24, 2.45) is 12.8 Å². The van der Waals surface area contributed by atoms with Crippen LogP contribution in [0.4, 0.5) is 5.82 Å². The van der Waals surface area contributed by atoms with Crippen molar-refractivity contribution >= 4 is 17.3 Å². The van der Waals surface area contributed by atoms with E-state index in [1.54, 1.807) is 19.0 Å². The fourth-order valence-electron chi connectivity index (χ4n) is 5.79. The van der Waals surface area contributed by atoms with E-state index in [1.807, 2.05) is 12.1 Å². The minimum absolute atomic E-state index is 0.0562. The maximum atomic E-state index is 12.2. The second-order valence-corrected chi connectivity index (χ2v) is 10.8. The molecule has 5 rings (SSSR count). The van der Waals surface area contributed by atoms with Crippen molar-refractivity contribution in [3.63, 3.8) is 0 Å². The summed E-state index contributed by atoms with van der Waals surface area (Å²) in [6.45, 7) is 6.07. The summed E-state index contributed by atoms with van der Waals surface area (Å²) in [5.41, 5.74) is 14.7. The number of carbonyl (C=O) groups is 1. The van der Waals surface area contributed by atoms with Crippen LogP contribution in [0.5, 0.6) is 0 Å². The third-order valence-corrected chi connectivity index (χ3v) is 8.32. The number of allylic oxidation sites excluding steroid dienone is 4. The van der Waals surface area contributed by atoms with Gasteiger partial charge in [0.15, 0.2) is 0 Å². The van der Waals surface area contributed by atoms with Gasteiger partial charge in [-0.2, -0.15) is 0 Å². The first-order valence-electron chi connectivity index (χ1n) is 13.3. The van der Waals surface area contributed by atoms with Crippen LogP contribution in [0.3, 0.4) is 0 Å². The van der Waals surface area contributed by atoms with Gasteiger partial charge in [0.05, 0.1) is 6.17 Å². The number of nitrogens with zero attached hydrogens (tertiary/aromatic N) is 4. The Morgan fingerprint density at radius 3 is 2.51 bits per heavy atom. The highest BCUT2D eigenvalue weighted by Crippen LogP contribution is 2.39. The monoisotopic (exact) mass is 500 g/mol. The molecule has 1 fully saturated rings. The topological polar surface area (TPSA) is 69.8 Å². The zero-order valence-electron chi connectivity index (χ0n) is 22.8. The second-order valence-electron chi connectivity index (χ2n) is 10.8. The van der Waals surface area contributed by atoms with Crippen molar-refractivity contribution in [1.82, 2.24) is 19.3 Å². The molecule has 37 heavy (non-hydrogen) atoms. The molecule has 3 aliphatic rings. The zero-order chi connectivity index (χ0) is 26.3. The molecule has 1 aromatic heterocycles. The van der Waals surface area contributed by atoms with Gasteiger partial charge < -0.3 is 25.4 Å². The molecule has 1 unspecified atom stereocenters. The number of nitrogens with two attached hydrogens (primary N) is 1. The lowest BCUT2D eigenvalue weighted by molar-refractivity contribution is 0.0827. The molecule has 4 heterocycles. The van der Waals surface area contributed by atoms with Crippen LogP contribution in [0.25, 0.3) is 5.57 Å². The Labute approximate surface area is 220 Å². The summed E-state index contributed by atoms with van der Waals surface area (Å²) in [6.07, 6.45) is 8.76. The first-order valence-corrected chi connectivity index (χ1v) is 13.3. The maximum absolute atomic E-state index is 12.2. The summed E-state index contributed by atoms with van der Waals surface area (Å²) >= 11 is 0. The molecule has 0 bridgehead atoms. The molecule has 7 heteroatoms. The van der Waals surface area contributed by atoms with E-state index in [-0.39, 0.29) is 12.1 Å². The van der Waals surface area contributed by atoms with E-state index in [0.717, 1.165) is 44.6 Å². The molecule has 196 valence electrons. The number of fused-ring (bicyclic) bond motifs is 1. The van der Waals surface area contributed by atoms with Gasteiger partial charge in [0, 0.05) is 69.4 Å².